The van der Waals surface area contributed by atoms with Crippen molar-refractivity contribution >= 4 is 29.2 Å². The number of nitrogens with zero attached hydrogens (tertiary/aromatic N) is 2. The number of nitrogens with one attached hydrogen (secondary N) is 1. The number of carbonyl (C=O) groups is 2. The van der Waals surface area contributed by atoms with Crippen molar-refractivity contribution in [3.63, 3.8) is 0 Å². The van der Waals surface area contributed by atoms with Crippen LogP contribution in [0, 0.1) is 0 Å². The number of hydrogen-bond donors (Lipinski definition) is 1. The minimum atomic E-state index is -0.258. The van der Waals surface area contributed by atoms with Crippen LogP contribution < -0.4 is 5.32 Å². The highest BCUT2D eigenvalue weighted by molar-refractivity contribution is 6.30. The first-order chi connectivity index (χ1) is 14.5. The molecule has 6 heteroatoms. The Bertz CT molecular complexity index is 869. The molecule has 1 aliphatic rings. The van der Waals surface area contributed by atoms with Crippen LogP contribution in [0.25, 0.3) is 0 Å². The number of halogens is 1. The molecular formula is C24H30ClN3O2. The summed E-state index contributed by atoms with van der Waals surface area (Å²) in [7, 11) is 0. The van der Waals surface area contributed by atoms with Crippen molar-refractivity contribution in [1.29, 1.82) is 0 Å². The number of fused-ring (bicyclic) bond motifs is 1. The van der Waals surface area contributed by atoms with Gasteiger partial charge in [0, 0.05) is 23.8 Å². The maximum absolute atomic E-state index is 13.1. The molecule has 3 rings (SSSR count). The fourth-order valence-corrected chi connectivity index (χ4v) is 4.03. The summed E-state index contributed by atoms with van der Waals surface area (Å²) in [5, 5.41) is 3.50. The van der Waals surface area contributed by atoms with E-state index in [0.717, 1.165) is 25.7 Å². The standard InChI is InChI=1S/C24H30ClN3O2/c1-3-4-7-15-27(24(30)26-21-12-10-20(25)11-13-21)17-23(29)28-16-14-19-8-5-6-9-22(19)18(28)2/h5-6,8-13,18H,3-4,7,14-17H2,1-2H3,(H,26,30)/t18-/m0/s1. The SMILES string of the molecule is CCCCCN(CC(=O)N1CCc2ccccc2[C@@H]1C)C(=O)Nc1ccc(Cl)cc1. The lowest BCUT2D eigenvalue weighted by Crippen LogP contribution is -2.47. The fraction of sp³-hybridized carbons (Fsp3) is 0.417. The Balaban J connectivity index is 1.68. The molecule has 30 heavy (non-hydrogen) atoms. The zero-order valence-electron chi connectivity index (χ0n) is 17.7. The minimum absolute atomic E-state index is 0.0132. The van der Waals surface area contributed by atoms with Crippen molar-refractivity contribution in [1.82, 2.24) is 9.80 Å². The van der Waals surface area contributed by atoms with Crippen LogP contribution in [0.2, 0.25) is 5.02 Å². The van der Waals surface area contributed by atoms with E-state index in [1.807, 2.05) is 17.0 Å². The molecule has 0 saturated heterocycles. The molecular weight excluding hydrogens is 398 g/mol. The van der Waals surface area contributed by atoms with Crippen molar-refractivity contribution in [2.45, 2.75) is 45.6 Å². The highest BCUT2D eigenvalue weighted by Gasteiger charge is 2.29. The van der Waals surface area contributed by atoms with Crippen molar-refractivity contribution in [2.24, 2.45) is 0 Å². The Labute approximate surface area is 184 Å². The smallest absolute Gasteiger partial charge is 0.322 e. The number of benzene rings is 2. The lowest BCUT2D eigenvalue weighted by Gasteiger charge is -2.36. The molecule has 160 valence electrons. The highest BCUT2D eigenvalue weighted by Crippen LogP contribution is 2.29. The van der Waals surface area contributed by atoms with E-state index in [9.17, 15) is 9.59 Å². The van der Waals surface area contributed by atoms with Gasteiger partial charge in [0.15, 0.2) is 0 Å². The third kappa shape index (κ3) is 5.54. The minimum Gasteiger partial charge on any atom is -0.334 e. The van der Waals surface area contributed by atoms with Gasteiger partial charge in [-0.1, -0.05) is 55.6 Å². The van der Waals surface area contributed by atoms with Gasteiger partial charge in [0.25, 0.3) is 0 Å². The first-order valence-electron chi connectivity index (χ1n) is 10.7. The molecule has 0 aromatic heterocycles. The molecule has 1 heterocycles. The van der Waals surface area contributed by atoms with Crippen LogP contribution in [0.15, 0.2) is 48.5 Å². The second-order valence-electron chi connectivity index (χ2n) is 7.78. The molecule has 0 radical (unpaired) electrons. The highest BCUT2D eigenvalue weighted by atomic mass is 35.5. The maximum Gasteiger partial charge on any atom is 0.322 e. The van der Waals surface area contributed by atoms with Crippen LogP contribution >= 0.6 is 11.6 Å². The Morgan fingerprint density at radius 3 is 2.60 bits per heavy atom. The van der Waals surface area contributed by atoms with Gasteiger partial charge in [-0.3, -0.25) is 4.79 Å². The number of unbranched alkanes of at least 4 members (excludes halogenated alkanes) is 2. The molecule has 1 aliphatic heterocycles. The van der Waals surface area contributed by atoms with Gasteiger partial charge < -0.3 is 15.1 Å². The quantitative estimate of drug-likeness (QED) is 0.592. The van der Waals surface area contributed by atoms with Gasteiger partial charge in [-0.25, -0.2) is 4.79 Å². The average molecular weight is 428 g/mol. The van der Waals surface area contributed by atoms with Gasteiger partial charge in [-0.05, 0) is 55.2 Å². The molecule has 1 N–H and O–H groups in total. The predicted molar refractivity (Wildman–Crippen MR) is 122 cm³/mol. The normalized spacial score (nSPS) is 15.4. The molecule has 0 saturated carbocycles. The molecule has 0 unspecified atom stereocenters. The Hall–Kier alpha value is -2.53. The number of rotatable bonds is 7. The van der Waals surface area contributed by atoms with Crippen molar-refractivity contribution in [2.75, 3.05) is 25.0 Å². The zero-order valence-corrected chi connectivity index (χ0v) is 18.5. The monoisotopic (exact) mass is 427 g/mol. The molecule has 2 aromatic rings. The molecule has 0 bridgehead atoms. The third-order valence-corrected chi connectivity index (χ3v) is 5.91. The first kappa shape index (κ1) is 22.2. The summed E-state index contributed by atoms with van der Waals surface area (Å²) in [6.07, 6.45) is 3.79. The first-order valence-corrected chi connectivity index (χ1v) is 11.1. The molecule has 0 fully saturated rings. The van der Waals surface area contributed by atoms with Crippen LogP contribution in [0.1, 0.15) is 50.3 Å². The van der Waals surface area contributed by atoms with Gasteiger partial charge in [-0.2, -0.15) is 0 Å². The topological polar surface area (TPSA) is 52.7 Å². The van der Waals surface area contributed by atoms with E-state index in [-0.39, 0.29) is 24.5 Å². The van der Waals surface area contributed by atoms with Gasteiger partial charge in [0.1, 0.15) is 6.54 Å². The van der Waals surface area contributed by atoms with Crippen LogP contribution in [0.3, 0.4) is 0 Å². The maximum atomic E-state index is 13.1. The summed E-state index contributed by atoms with van der Waals surface area (Å²) in [5.74, 6) is -0.0141. The van der Waals surface area contributed by atoms with Crippen molar-refractivity contribution < 1.29 is 9.59 Å². The summed E-state index contributed by atoms with van der Waals surface area (Å²) >= 11 is 5.93. The molecule has 2 aromatic carbocycles. The second kappa shape index (κ2) is 10.5. The Morgan fingerprint density at radius 1 is 1.13 bits per heavy atom. The van der Waals surface area contributed by atoms with Crippen molar-refractivity contribution in [3.8, 4) is 0 Å². The van der Waals surface area contributed by atoms with E-state index in [0.29, 0.717) is 23.8 Å². The largest absolute Gasteiger partial charge is 0.334 e. The summed E-state index contributed by atoms with van der Waals surface area (Å²) in [5.41, 5.74) is 3.16. The average Bonchev–Trinajstić information content (AvgIpc) is 2.75. The summed E-state index contributed by atoms with van der Waals surface area (Å²) in [6.45, 7) is 5.49. The predicted octanol–water partition coefficient (Wildman–Crippen LogP) is 5.51. The van der Waals surface area contributed by atoms with Crippen LogP contribution in [-0.4, -0.2) is 41.4 Å². The van der Waals surface area contributed by atoms with Crippen LogP contribution in [0.5, 0.6) is 0 Å². The number of carbonyl (C=O) groups excluding carboxylic acids is 2. The number of amides is 3. The van der Waals surface area contributed by atoms with E-state index in [2.05, 4.69) is 31.3 Å². The van der Waals surface area contributed by atoms with Gasteiger partial charge in [0.2, 0.25) is 5.91 Å². The van der Waals surface area contributed by atoms with E-state index >= 15 is 0 Å². The molecule has 0 aliphatic carbocycles. The van der Waals surface area contributed by atoms with E-state index < -0.39 is 0 Å². The summed E-state index contributed by atoms with van der Waals surface area (Å²) < 4.78 is 0. The third-order valence-electron chi connectivity index (χ3n) is 5.66. The molecule has 5 nitrogen and oxygen atoms in total. The van der Waals surface area contributed by atoms with Gasteiger partial charge in [0.05, 0.1) is 6.04 Å². The second-order valence-corrected chi connectivity index (χ2v) is 8.21. The summed E-state index contributed by atoms with van der Waals surface area (Å²) in [4.78, 5) is 29.6. The van der Waals surface area contributed by atoms with Gasteiger partial charge in [-0.15, -0.1) is 0 Å². The van der Waals surface area contributed by atoms with Gasteiger partial charge >= 0.3 is 6.03 Å². The van der Waals surface area contributed by atoms with E-state index in [1.165, 1.54) is 11.1 Å². The Kier molecular flexibility index (Phi) is 7.75. The molecule has 3 amide bonds. The number of urea groups is 1. The van der Waals surface area contributed by atoms with Crippen LogP contribution in [-0.2, 0) is 11.2 Å². The lowest BCUT2D eigenvalue weighted by atomic mass is 9.93. The summed E-state index contributed by atoms with van der Waals surface area (Å²) in [6, 6.07) is 15.0. The molecule has 0 spiro atoms. The van der Waals surface area contributed by atoms with E-state index in [4.69, 9.17) is 11.6 Å². The van der Waals surface area contributed by atoms with E-state index in [1.54, 1.807) is 29.2 Å². The zero-order chi connectivity index (χ0) is 21.5. The number of anilines is 1. The van der Waals surface area contributed by atoms with Crippen LogP contribution in [0.4, 0.5) is 10.5 Å². The lowest BCUT2D eigenvalue weighted by molar-refractivity contribution is -0.134. The number of hydrogen-bond acceptors (Lipinski definition) is 2. The molecule has 1 atom stereocenters. The fourth-order valence-electron chi connectivity index (χ4n) is 3.91. The van der Waals surface area contributed by atoms with Crippen molar-refractivity contribution in [3.05, 3.63) is 64.7 Å². The Morgan fingerprint density at radius 2 is 1.87 bits per heavy atom.